The summed E-state index contributed by atoms with van der Waals surface area (Å²) in [5, 5.41) is 13.0. The first-order valence-corrected chi connectivity index (χ1v) is 18.2. The molecule has 0 aliphatic heterocycles. The molecule has 19 heteroatoms. The highest BCUT2D eigenvalue weighted by Gasteiger charge is 2.67. The molecular formula is C35H28F7N7O4S. The van der Waals surface area contributed by atoms with Gasteiger partial charge in [-0.1, -0.05) is 6.07 Å². The van der Waals surface area contributed by atoms with Crippen molar-refractivity contribution in [2.45, 2.75) is 68.2 Å². The Kier molecular flexibility index (Phi) is 8.17. The zero-order valence-corrected chi connectivity index (χ0v) is 28.8. The number of rotatable bonds is 11. The maximum atomic E-state index is 15.3. The third kappa shape index (κ3) is 6.07. The lowest BCUT2D eigenvalue weighted by Gasteiger charge is -2.23. The monoisotopic (exact) mass is 775 g/mol. The standard InChI is InChI=1S/C35H28F7N7O4S/c1-34(4-5-34)54(52,53)48-33(51)21-9-16(2-3-23(21)38)19-12-24-26(13-43-46-24)45-29(19)25(8-15-6-17(36)10-18(37)7-15)44-27(50)14-49-31-28(30(47-49)32(39)40)20-11-22(20)35(31,41)42/h2-3,6-7,9-10,12-13,20,22,25,32H,4-5,8,11,14H2,1H3,(H,43,46)(H,44,50)(H,48,51)/t20-,22+,25-/m0/s1. The van der Waals surface area contributed by atoms with Gasteiger partial charge in [-0.3, -0.25) is 19.4 Å². The second-order valence-corrected chi connectivity index (χ2v) is 16.3. The number of carbonyl (C=O) groups excluding carboxylic acids is 2. The Bertz CT molecular complexity index is 2480. The van der Waals surface area contributed by atoms with E-state index in [2.05, 4.69) is 25.6 Å². The van der Waals surface area contributed by atoms with E-state index in [0.717, 1.165) is 24.3 Å². The van der Waals surface area contributed by atoms with E-state index >= 15 is 13.2 Å². The van der Waals surface area contributed by atoms with Gasteiger partial charge in [0.25, 0.3) is 18.3 Å². The van der Waals surface area contributed by atoms with Crippen LogP contribution in [0.5, 0.6) is 0 Å². The molecule has 3 aliphatic rings. The number of alkyl halides is 4. The number of hydrogen-bond acceptors (Lipinski definition) is 7. The van der Waals surface area contributed by atoms with E-state index in [4.69, 9.17) is 0 Å². The molecule has 0 unspecified atom stereocenters. The number of halogens is 7. The number of sulfonamides is 1. The van der Waals surface area contributed by atoms with E-state index < -0.39 is 97.8 Å². The van der Waals surface area contributed by atoms with Crippen LogP contribution in [0.1, 0.15) is 83.1 Å². The molecule has 0 saturated heterocycles. The molecule has 3 atom stereocenters. The van der Waals surface area contributed by atoms with E-state index in [1.807, 2.05) is 4.72 Å². The summed E-state index contributed by atoms with van der Waals surface area (Å²) in [7, 11) is -4.16. The molecule has 2 saturated carbocycles. The summed E-state index contributed by atoms with van der Waals surface area (Å²) in [5.74, 6) is -10.7. The summed E-state index contributed by atoms with van der Waals surface area (Å²) in [6, 6.07) is 5.96. The van der Waals surface area contributed by atoms with Crippen molar-refractivity contribution in [3.05, 3.63) is 99.9 Å². The van der Waals surface area contributed by atoms with Crippen LogP contribution in [0.2, 0.25) is 0 Å². The lowest BCUT2D eigenvalue weighted by atomic mass is 9.94. The van der Waals surface area contributed by atoms with Crippen molar-refractivity contribution in [2.75, 3.05) is 0 Å². The molecule has 282 valence electrons. The fourth-order valence-electron chi connectivity index (χ4n) is 7.14. The minimum atomic E-state index is -4.16. The number of nitrogens with one attached hydrogen (secondary N) is 3. The summed E-state index contributed by atoms with van der Waals surface area (Å²) in [4.78, 5) is 31.5. The predicted octanol–water partition coefficient (Wildman–Crippen LogP) is 6.10. The smallest absolute Gasteiger partial charge is 0.293 e. The molecule has 2 aromatic carbocycles. The Balaban J connectivity index is 1.19. The number of pyridine rings is 1. The minimum Gasteiger partial charge on any atom is -0.346 e. The average Bonchev–Trinajstić information content (AvgIpc) is 3.94. The summed E-state index contributed by atoms with van der Waals surface area (Å²) >= 11 is 0. The van der Waals surface area contributed by atoms with Crippen molar-refractivity contribution in [3.63, 3.8) is 0 Å². The van der Waals surface area contributed by atoms with Crippen molar-refractivity contribution in [3.8, 4) is 11.1 Å². The van der Waals surface area contributed by atoms with Gasteiger partial charge < -0.3 is 5.32 Å². The highest BCUT2D eigenvalue weighted by molar-refractivity contribution is 7.91. The van der Waals surface area contributed by atoms with Crippen molar-refractivity contribution >= 4 is 32.9 Å². The molecule has 8 rings (SSSR count). The second-order valence-electron chi connectivity index (χ2n) is 14.1. The number of amides is 2. The van der Waals surface area contributed by atoms with E-state index in [1.165, 1.54) is 25.3 Å². The van der Waals surface area contributed by atoms with Gasteiger partial charge in [-0.25, -0.2) is 40.1 Å². The summed E-state index contributed by atoms with van der Waals surface area (Å²) in [5.41, 5.74) is -1.78. The van der Waals surface area contributed by atoms with Crippen LogP contribution in [0.4, 0.5) is 30.7 Å². The van der Waals surface area contributed by atoms with Gasteiger partial charge in [0, 0.05) is 23.1 Å². The lowest BCUT2D eigenvalue weighted by molar-refractivity contribution is -0.123. The molecular weight excluding hydrogens is 747 g/mol. The van der Waals surface area contributed by atoms with Crippen LogP contribution in [0.25, 0.3) is 22.2 Å². The Morgan fingerprint density at radius 1 is 1.04 bits per heavy atom. The summed E-state index contributed by atoms with van der Waals surface area (Å²) in [6.45, 7) is 0.507. The number of aromatic amines is 1. The van der Waals surface area contributed by atoms with Gasteiger partial charge in [0.15, 0.2) is 0 Å². The highest BCUT2D eigenvalue weighted by Crippen LogP contribution is 2.68. The second kappa shape index (κ2) is 12.4. The van der Waals surface area contributed by atoms with Gasteiger partial charge in [-0.15, -0.1) is 0 Å². The number of hydrogen-bond donors (Lipinski definition) is 3. The molecule has 0 radical (unpaired) electrons. The van der Waals surface area contributed by atoms with Gasteiger partial charge in [0.05, 0.1) is 33.8 Å². The Morgan fingerprint density at radius 2 is 1.76 bits per heavy atom. The molecule has 0 bridgehead atoms. The average molecular weight is 776 g/mol. The number of aromatic nitrogens is 5. The van der Waals surface area contributed by atoms with Crippen molar-refractivity contribution in [1.29, 1.82) is 0 Å². The van der Waals surface area contributed by atoms with Crippen LogP contribution in [0.3, 0.4) is 0 Å². The molecule has 3 N–H and O–H groups in total. The van der Waals surface area contributed by atoms with Gasteiger partial charge in [0.1, 0.15) is 40.9 Å². The number of H-pyrrole nitrogens is 1. The molecule has 11 nitrogen and oxygen atoms in total. The number of nitrogens with zero attached hydrogens (tertiary/aromatic N) is 4. The Morgan fingerprint density at radius 3 is 2.44 bits per heavy atom. The summed E-state index contributed by atoms with van der Waals surface area (Å²) < 4.78 is 129. The first-order chi connectivity index (χ1) is 25.5. The first kappa shape index (κ1) is 35.7. The third-order valence-electron chi connectivity index (χ3n) is 10.3. The Labute approximate surface area is 301 Å². The molecule has 2 fully saturated rings. The van der Waals surface area contributed by atoms with Gasteiger partial charge >= 0.3 is 0 Å². The fourth-order valence-corrected chi connectivity index (χ4v) is 8.38. The number of carbonyl (C=O) groups is 2. The molecule has 5 aromatic rings. The van der Waals surface area contributed by atoms with Gasteiger partial charge in [-0.2, -0.15) is 19.0 Å². The van der Waals surface area contributed by atoms with Crippen LogP contribution in [0, 0.1) is 23.4 Å². The first-order valence-electron chi connectivity index (χ1n) is 16.7. The summed E-state index contributed by atoms with van der Waals surface area (Å²) in [6.07, 6.45) is -1.60. The van der Waals surface area contributed by atoms with Crippen molar-refractivity contribution < 1.29 is 48.7 Å². The van der Waals surface area contributed by atoms with E-state index in [1.54, 1.807) is 0 Å². The molecule has 3 aromatic heterocycles. The zero-order valence-electron chi connectivity index (χ0n) is 27.9. The molecule has 3 aliphatic carbocycles. The van der Waals surface area contributed by atoms with Crippen LogP contribution in [-0.2, 0) is 33.7 Å². The van der Waals surface area contributed by atoms with Crippen LogP contribution < -0.4 is 10.0 Å². The molecule has 3 heterocycles. The zero-order chi connectivity index (χ0) is 38.5. The largest absolute Gasteiger partial charge is 0.346 e. The fraction of sp³-hybridized carbons (Fsp3) is 0.343. The molecule has 2 amide bonds. The number of benzene rings is 2. The predicted molar refractivity (Wildman–Crippen MR) is 176 cm³/mol. The third-order valence-corrected chi connectivity index (χ3v) is 12.5. The van der Waals surface area contributed by atoms with Crippen LogP contribution >= 0.6 is 0 Å². The van der Waals surface area contributed by atoms with Crippen LogP contribution in [-0.4, -0.2) is 49.9 Å². The molecule has 54 heavy (non-hydrogen) atoms. The number of fused-ring (bicyclic) bond motifs is 4. The Hall–Kier alpha value is -5.33. The van der Waals surface area contributed by atoms with E-state index in [-0.39, 0.29) is 46.3 Å². The normalized spacial score (nSPS) is 19.7. The molecule has 0 spiro atoms. The maximum absolute atomic E-state index is 15.3. The van der Waals surface area contributed by atoms with E-state index in [9.17, 15) is 35.6 Å². The SMILES string of the molecule is CC1(S(=O)(=O)NC(=O)c2cc(-c3cc4[nH]ncc4nc3[C@H](Cc3cc(F)cc(F)c3)NC(=O)Cn3nc(C(F)F)c4c3C(F)(F)[C@@H]3C[C@H]43)ccc2F)CC1. The minimum absolute atomic E-state index is 0.0107. The van der Waals surface area contributed by atoms with Gasteiger partial charge in [-0.05, 0) is 80.0 Å². The van der Waals surface area contributed by atoms with Crippen molar-refractivity contribution in [1.82, 2.24) is 35.0 Å². The van der Waals surface area contributed by atoms with Gasteiger partial charge in [0.2, 0.25) is 15.9 Å². The van der Waals surface area contributed by atoms with E-state index in [0.29, 0.717) is 29.1 Å². The quantitative estimate of drug-likeness (QED) is 0.137. The highest BCUT2D eigenvalue weighted by atomic mass is 32.2. The topological polar surface area (TPSA) is 152 Å². The maximum Gasteiger partial charge on any atom is 0.293 e. The lowest BCUT2D eigenvalue weighted by Crippen LogP contribution is -2.38. The van der Waals surface area contributed by atoms with Crippen LogP contribution in [0.15, 0.2) is 48.7 Å². The van der Waals surface area contributed by atoms with Crippen molar-refractivity contribution in [2.24, 2.45) is 5.92 Å².